The monoisotopic (exact) mass is 288 g/mol. The zero-order chi connectivity index (χ0) is 15.0. The fourth-order valence-electron chi connectivity index (χ4n) is 4.06. The van der Waals surface area contributed by atoms with Gasteiger partial charge >= 0.3 is 0 Å². The molecule has 2 aliphatic carbocycles. The fourth-order valence-corrected chi connectivity index (χ4v) is 4.06. The average molecular weight is 288 g/mol. The molecule has 21 heavy (non-hydrogen) atoms. The van der Waals surface area contributed by atoms with Crippen LogP contribution in [0.1, 0.15) is 39.0 Å². The number of nitriles is 1. The van der Waals surface area contributed by atoms with E-state index in [1.165, 1.54) is 18.5 Å². The number of likely N-dealkylation sites (tertiary alicyclic amines) is 1. The van der Waals surface area contributed by atoms with Crippen molar-refractivity contribution in [1.29, 1.82) is 5.26 Å². The van der Waals surface area contributed by atoms with Crippen LogP contribution in [0.2, 0.25) is 0 Å². The van der Waals surface area contributed by atoms with E-state index in [4.69, 9.17) is 10.00 Å². The van der Waals surface area contributed by atoms with Gasteiger partial charge in [-0.2, -0.15) is 5.26 Å². The number of hydrogen-bond acceptors (Lipinski definition) is 4. The molecule has 1 unspecified atom stereocenters. The minimum Gasteiger partial charge on any atom is -0.387 e. The van der Waals surface area contributed by atoms with Crippen molar-refractivity contribution >= 4 is 0 Å². The fraction of sp³-hybridized carbons (Fsp3) is 0.706. The number of nitrogens with zero attached hydrogens (tertiary/aromatic N) is 2. The molecule has 3 aliphatic rings. The number of rotatable bonds is 4. The lowest BCUT2D eigenvalue weighted by Crippen LogP contribution is -2.46. The third-order valence-electron chi connectivity index (χ3n) is 5.36. The van der Waals surface area contributed by atoms with Gasteiger partial charge in [0.15, 0.2) is 0 Å². The van der Waals surface area contributed by atoms with Crippen LogP contribution in [0.4, 0.5) is 0 Å². The SMILES string of the molecule is CC[C@@H]1N(C2=CC=C(C#N)C(OC)C2)CC[C@@]1(O)C1CC1. The maximum absolute atomic E-state index is 11.0. The first-order valence-corrected chi connectivity index (χ1v) is 7.96. The van der Waals surface area contributed by atoms with Gasteiger partial charge in [-0.25, -0.2) is 0 Å². The second kappa shape index (κ2) is 5.47. The van der Waals surface area contributed by atoms with Crippen molar-refractivity contribution in [1.82, 2.24) is 4.90 Å². The van der Waals surface area contributed by atoms with Crippen molar-refractivity contribution in [3.05, 3.63) is 23.4 Å². The summed E-state index contributed by atoms with van der Waals surface area (Å²) in [6.07, 6.45) is 8.63. The van der Waals surface area contributed by atoms with E-state index in [1.54, 1.807) is 7.11 Å². The molecule has 3 atom stereocenters. The molecule has 4 heteroatoms. The van der Waals surface area contributed by atoms with Gasteiger partial charge in [0.1, 0.15) is 0 Å². The van der Waals surface area contributed by atoms with E-state index in [0.29, 0.717) is 11.5 Å². The Bertz CT molecular complexity index is 515. The first kappa shape index (κ1) is 14.6. The Balaban J connectivity index is 1.83. The molecular formula is C17H24N2O2. The molecule has 0 amide bonds. The van der Waals surface area contributed by atoms with E-state index in [-0.39, 0.29) is 12.1 Å². The first-order valence-electron chi connectivity index (χ1n) is 7.96. The standard InChI is InChI=1S/C17H24N2O2/c1-3-16-17(20,13-5-6-13)8-9-19(16)14-7-4-12(11-18)15(10-14)21-2/h4,7,13,15-16,20H,3,5-6,8-10H2,1-2H3/t15?,16-,17+/m0/s1. The smallest absolute Gasteiger partial charge is 0.0974 e. The van der Waals surface area contributed by atoms with Crippen LogP contribution in [-0.2, 0) is 4.74 Å². The molecule has 0 spiro atoms. The van der Waals surface area contributed by atoms with Gasteiger partial charge in [0.2, 0.25) is 0 Å². The van der Waals surface area contributed by atoms with Crippen LogP contribution in [-0.4, -0.2) is 41.4 Å². The second-order valence-corrected chi connectivity index (χ2v) is 6.45. The molecule has 0 aromatic heterocycles. The van der Waals surface area contributed by atoms with Crippen LogP contribution in [0.25, 0.3) is 0 Å². The molecule has 0 radical (unpaired) electrons. The minimum atomic E-state index is -0.516. The van der Waals surface area contributed by atoms with Gasteiger partial charge in [0.05, 0.1) is 29.4 Å². The number of aliphatic hydroxyl groups is 1. The van der Waals surface area contributed by atoms with E-state index in [9.17, 15) is 5.11 Å². The quantitative estimate of drug-likeness (QED) is 0.863. The average Bonchev–Trinajstić information content (AvgIpc) is 3.31. The summed E-state index contributed by atoms with van der Waals surface area (Å²) in [5.74, 6) is 0.486. The molecule has 114 valence electrons. The minimum absolute atomic E-state index is 0.151. The molecule has 1 heterocycles. The zero-order valence-electron chi connectivity index (χ0n) is 12.9. The topological polar surface area (TPSA) is 56.5 Å². The number of ether oxygens (including phenoxy) is 1. The van der Waals surface area contributed by atoms with E-state index >= 15 is 0 Å². The first-order chi connectivity index (χ1) is 10.1. The van der Waals surface area contributed by atoms with E-state index in [0.717, 1.165) is 25.8 Å². The van der Waals surface area contributed by atoms with Crippen LogP contribution in [0, 0.1) is 17.2 Å². The van der Waals surface area contributed by atoms with Crippen LogP contribution < -0.4 is 0 Å². The van der Waals surface area contributed by atoms with Crippen molar-refractivity contribution in [2.75, 3.05) is 13.7 Å². The molecular weight excluding hydrogens is 264 g/mol. The highest BCUT2D eigenvalue weighted by molar-refractivity contribution is 5.37. The number of hydrogen-bond donors (Lipinski definition) is 1. The largest absolute Gasteiger partial charge is 0.387 e. The molecule has 1 saturated carbocycles. The third kappa shape index (κ3) is 2.39. The van der Waals surface area contributed by atoms with E-state index in [2.05, 4.69) is 17.9 Å². The highest BCUT2D eigenvalue weighted by Gasteiger charge is 2.54. The molecule has 1 aliphatic heterocycles. The highest BCUT2D eigenvalue weighted by Crippen LogP contribution is 2.49. The lowest BCUT2D eigenvalue weighted by molar-refractivity contribution is -0.0139. The summed E-state index contributed by atoms with van der Waals surface area (Å²) in [7, 11) is 1.65. The summed E-state index contributed by atoms with van der Waals surface area (Å²) in [6, 6.07) is 2.41. The van der Waals surface area contributed by atoms with Crippen molar-refractivity contribution in [2.45, 2.75) is 56.8 Å². The Labute approximate surface area is 126 Å². The molecule has 2 fully saturated rings. The van der Waals surface area contributed by atoms with Crippen LogP contribution in [0.3, 0.4) is 0 Å². The van der Waals surface area contributed by atoms with Crippen LogP contribution >= 0.6 is 0 Å². The van der Waals surface area contributed by atoms with Crippen LogP contribution in [0.15, 0.2) is 23.4 Å². The number of methoxy groups -OCH3 is 1. The van der Waals surface area contributed by atoms with Crippen molar-refractivity contribution in [3.8, 4) is 6.07 Å². The molecule has 0 bridgehead atoms. The summed E-state index contributed by atoms with van der Waals surface area (Å²) in [5, 5.41) is 20.2. The lowest BCUT2D eigenvalue weighted by Gasteiger charge is -2.37. The Morgan fingerprint density at radius 1 is 1.48 bits per heavy atom. The van der Waals surface area contributed by atoms with Gasteiger partial charge in [0, 0.05) is 25.8 Å². The predicted molar refractivity (Wildman–Crippen MR) is 80.3 cm³/mol. The van der Waals surface area contributed by atoms with Crippen molar-refractivity contribution in [3.63, 3.8) is 0 Å². The normalized spacial score (nSPS) is 36.2. The summed E-state index contributed by atoms with van der Waals surface area (Å²) >= 11 is 0. The van der Waals surface area contributed by atoms with E-state index in [1.807, 2.05) is 12.2 Å². The predicted octanol–water partition coefficient (Wildman–Crippen LogP) is 2.36. The van der Waals surface area contributed by atoms with Gasteiger partial charge in [-0.05, 0) is 43.8 Å². The van der Waals surface area contributed by atoms with Crippen molar-refractivity contribution in [2.24, 2.45) is 5.92 Å². The third-order valence-corrected chi connectivity index (χ3v) is 5.36. The van der Waals surface area contributed by atoms with Crippen molar-refractivity contribution < 1.29 is 9.84 Å². The molecule has 1 N–H and O–H groups in total. The van der Waals surface area contributed by atoms with Crippen LogP contribution in [0.5, 0.6) is 0 Å². The molecule has 0 aromatic carbocycles. The molecule has 4 nitrogen and oxygen atoms in total. The lowest BCUT2D eigenvalue weighted by atomic mass is 9.87. The van der Waals surface area contributed by atoms with Gasteiger partial charge in [-0.15, -0.1) is 0 Å². The Kier molecular flexibility index (Phi) is 3.81. The van der Waals surface area contributed by atoms with Gasteiger partial charge in [0.25, 0.3) is 0 Å². The Morgan fingerprint density at radius 3 is 2.81 bits per heavy atom. The van der Waals surface area contributed by atoms with Gasteiger partial charge < -0.3 is 14.7 Å². The summed E-state index contributed by atoms with van der Waals surface area (Å²) < 4.78 is 5.44. The molecule has 0 aromatic rings. The highest BCUT2D eigenvalue weighted by atomic mass is 16.5. The maximum Gasteiger partial charge on any atom is 0.0974 e. The van der Waals surface area contributed by atoms with Gasteiger partial charge in [-0.1, -0.05) is 6.92 Å². The molecule has 1 saturated heterocycles. The van der Waals surface area contributed by atoms with Gasteiger partial charge in [-0.3, -0.25) is 0 Å². The number of allylic oxidation sites excluding steroid dienone is 2. The Hall–Kier alpha value is -1.31. The Morgan fingerprint density at radius 2 is 2.24 bits per heavy atom. The van der Waals surface area contributed by atoms with E-state index < -0.39 is 5.60 Å². The summed E-state index contributed by atoms with van der Waals surface area (Å²) in [5.41, 5.74) is 1.37. The summed E-state index contributed by atoms with van der Waals surface area (Å²) in [6.45, 7) is 3.06. The zero-order valence-corrected chi connectivity index (χ0v) is 12.9. The maximum atomic E-state index is 11.0. The molecule has 3 rings (SSSR count). The summed E-state index contributed by atoms with van der Waals surface area (Å²) in [4.78, 5) is 2.36. The second-order valence-electron chi connectivity index (χ2n) is 6.45.